The molecular formula is C23H24N2O4. The molecule has 2 heterocycles. The zero-order valence-corrected chi connectivity index (χ0v) is 16.9. The number of ether oxygens (including phenoxy) is 2. The Morgan fingerprint density at radius 3 is 2.59 bits per heavy atom. The van der Waals surface area contributed by atoms with Gasteiger partial charge in [0.1, 0.15) is 11.5 Å². The van der Waals surface area contributed by atoms with Gasteiger partial charge in [0.15, 0.2) is 5.43 Å². The third-order valence-corrected chi connectivity index (χ3v) is 5.39. The largest absolute Gasteiger partial charge is 0.497 e. The van der Waals surface area contributed by atoms with Gasteiger partial charge in [-0.05, 0) is 36.1 Å². The van der Waals surface area contributed by atoms with E-state index in [1.807, 2.05) is 37.3 Å². The van der Waals surface area contributed by atoms with Gasteiger partial charge in [0.2, 0.25) is 5.91 Å². The Balaban J connectivity index is 1.97. The number of aryl methyl sites for hydroxylation is 1. The summed E-state index contributed by atoms with van der Waals surface area (Å²) in [4.78, 5) is 30.7. The Morgan fingerprint density at radius 2 is 1.90 bits per heavy atom. The predicted octanol–water partition coefficient (Wildman–Crippen LogP) is 3.90. The van der Waals surface area contributed by atoms with Crippen molar-refractivity contribution < 1.29 is 14.3 Å². The highest BCUT2D eigenvalue weighted by atomic mass is 16.5. The Morgan fingerprint density at radius 1 is 1.14 bits per heavy atom. The summed E-state index contributed by atoms with van der Waals surface area (Å²) in [5.74, 6) is 1.38. The lowest BCUT2D eigenvalue weighted by Crippen LogP contribution is -2.32. The van der Waals surface area contributed by atoms with Crippen molar-refractivity contribution in [3.05, 3.63) is 52.3 Å². The molecule has 0 unspecified atom stereocenters. The summed E-state index contributed by atoms with van der Waals surface area (Å²) in [6, 6.07) is 9.28. The second kappa shape index (κ2) is 7.62. The number of nitrogens with zero attached hydrogens (tertiary/aromatic N) is 1. The first kappa shape index (κ1) is 19.1. The quantitative estimate of drug-likeness (QED) is 0.715. The third-order valence-electron chi connectivity index (χ3n) is 5.39. The van der Waals surface area contributed by atoms with Gasteiger partial charge in [0, 0.05) is 31.3 Å². The molecule has 1 N–H and O–H groups in total. The van der Waals surface area contributed by atoms with Crippen molar-refractivity contribution in [3.63, 3.8) is 0 Å². The number of methoxy groups -OCH3 is 1. The van der Waals surface area contributed by atoms with Crippen molar-refractivity contribution in [2.45, 2.75) is 26.2 Å². The number of aromatic nitrogens is 1. The smallest absolute Gasteiger partial charge is 0.227 e. The normalized spacial score (nSPS) is 13.5. The molecule has 29 heavy (non-hydrogen) atoms. The first-order valence-corrected chi connectivity index (χ1v) is 9.80. The minimum atomic E-state index is -0.0649. The maximum atomic E-state index is 13.6. The summed E-state index contributed by atoms with van der Waals surface area (Å²) in [5, 5.41) is 0.598. The van der Waals surface area contributed by atoms with Gasteiger partial charge in [0.25, 0.3) is 0 Å². The van der Waals surface area contributed by atoms with Crippen LogP contribution in [-0.2, 0) is 11.2 Å². The second-order valence-corrected chi connectivity index (χ2v) is 7.18. The number of amides is 1. The fourth-order valence-electron chi connectivity index (χ4n) is 3.82. The van der Waals surface area contributed by atoms with E-state index in [2.05, 4.69) is 4.98 Å². The highest BCUT2D eigenvalue weighted by molar-refractivity contribution is 6.03. The number of carbonyl (C=O) groups excluding carboxylic acids is 1. The number of fused-ring (bicyclic) bond motifs is 3. The van der Waals surface area contributed by atoms with Gasteiger partial charge in [-0.2, -0.15) is 0 Å². The van der Waals surface area contributed by atoms with Crippen molar-refractivity contribution in [3.8, 4) is 22.6 Å². The van der Waals surface area contributed by atoms with Gasteiger partial charge < -0.3 is 19.4 Å². The van der Waals surface area contributed by atoms with E-state index >= 15 is 0 Å². The molecule has 6 heteroatoms. The Hall–Kier alpha value is -3.28. The number of carbonyl (C=O) groups is 1. The molecule has 0 saturated carbocycles. The number of rotatable bonds is 5. The number of benzene rings is 2. The summed E-state index contributed by atoms with van der Waals surface area (Å²) in [7, 11) is 3.36. The number of hydrogen-bond donors (Lipinski definition) is 1. The molecule has 150 valence electrons. The summed E-state index contributed by atoms with van der Waals surface area (Å²) in [5.41, 5.74) is 3.64. The van der Waals surface area contributed by atoms with Crippen LogP contribution < -0.4 is 19.8 Å². The number of aromatic amines is 1. The van der Waals surface area contributed by atoms with Crippen LogP contribution in [0.15, 0.2) is 41.3 Å². The molecular weight excluding hydrogens is 368 g/mol. The average molecular weight is 392 g/mol. The fraction of sp³-hybridized carbons (Fsp3) is 0.304. The third kappa shape index (κ3) is 3.24. The van der Waals surface area contributed by atoms with Crippen molar-refractivity contribution in [1.29, 1.82) is 0 Å². The molecule has 0 atom stereocenters. The SMILES string of the molecule is CCCOc1cc2c(c3c(=O)c(-c4ccc(OC)cc4)c[nH]c13)CCC(=O)N2C. The van der Waals surface area contributed by atoms with Crippen LogP contribution in [0.25, 0.3) is 22.0 Å². The summed E-state index contributed by atoms with van der Waals surface area (Å²) in [6.07, 6.45) is 3.51. The zero-order chi connectivity index (χ0) is 20.5. The molecule has 1 amide bonds. The van der Waals surface area contributed by atoms with Crippen molar-refractivity contribution in [2.24, 2.45) is 0 Å². The summed E-state index contributed by atoms with van der Waals surface area (Å²) < 4.78 is 11.1. The van der Waals surface area contributed by atoms with E-state index in [9.17, 15) is 9.59 Å². The molecule has 0 aliphatic carbocycles. The molecule has 0 radical (unpaired) electrons. The number of nitrogens with one attached hydrogen (secondary N) is 1. The van der Waals surface area contributed by atoms with Gasteiger partial charge in [0.05, 0.1) is 30.3 Å². The lowest BCUT2D eigenvalue weighted by atomic mass is 9.94. The van der Waals surface area contributed by atoms with E-state index in [0.717, 1.165) is 29.0 Å². The van der Waals surface area contributed by atoms with Gasteiger partial charge in [-0.25, -0.2) is 0 Å². The van der Waals surface area contributed by atoms with E-state index in [0.29, 0.717) is 41.7 Å². The highest BCUT2D eigenvalue weighted by Crippen LogP contribution is 2.38. The van der Waals surface area contributed by atoms with E-state index in [1.165, 1.54) is 0 Å². The van der Waals surface area contributed by atoms with Crippen molar-refractivity contribution in [1.82, 2.24) is 4.98 Å². The van der Waals surface area contributed by atoms with Crippen LogP contribution in [0.2, 0.25) is 0 Å². The van der Waals surface area contributed by atoms with Crippen LogP contribution in [0, 0.1) is 0 Å². The molecule has 1 aliphatic heterocycles. The number of anilines is 1. The molecule has 6 nitrogen and oxygen atoms in total. The van der Waals surface area contributed by atoms with Crippen LogP contribution in [0.4, 0.5) is 5.69 Å². The minimum Gasteiger partial charge on any atom is -0.497 e. The Labute approximate surface area is 169 Å². The van der Waals surface area contributed by atoms with Gasteiger partial charge >= 0.3 is 0 Å². The lowest BCUT2D eigenvalue weighted by Gasteiger charge is -2.27. The van der Waals surface area contributed by atoms with Crippen LogP contribution in [0.3, 0.4) is 0 Å². The van der Waals surface area contributed by atoms with Crippen molar-refractivity contribution in [2.75, 3.05) is 25.7 Å². The fourth-order valence-corrected chi connectivity index (χ4v) is 3.82. The molecule has 4 rings (SSSR count). The minimum absolute atomic E-state index is 0.0426. The molecule has 0 spiro atoms. The van der Waals surface area contributed by atoms with Crippen LogP contribution in [-0.4, -0.2) is 31.7 Å². The summed E-state index contributed by atoms with van der Waals surface area (Å²) in [6.45, 7) is 2.56. The maximum Gasteiger partial charge on any atom is 0.227 e. The molecule has 0 bridgehead atoms. The molecule has 0 saturated heterocycles. The van der Waals surface area contributed by atoms with Crippen LogP contribution in [0.5, 0.6) is 11.5 Å². The van der Waals surface area contributed by atoms with Crippen molar-refractivity contribution >= 4 is 22.5 Å². The van der Waals surface area contributed by atoms with Gasteiger partial charge in [-0.3, -0.25) is 9.59 Å². The number of hydrogen-bond acceptors (Lipinski definition) is 4. The molecule has 1 aliphatic rings. The van der Waals surface area contributed by atoms with Crippen LogP contribution >= 0.6 is 0 Å². The standard InChI is InChI=1S/C23H24N2O4/c1-4-11-29-19-12-18-16(9-10-20(26)25(18)2)21-22(19)24-13-17(23(21)27)14-5-7-15(28-3)8-6-14/h5-8,12-13H,4,9-11H2,1-3H3,(H,24,27). The van der Waals surface area contributed by atoms with E-state index < -0.39 is 0 Å². The van der Waals surface area contributed by atoms with Gasteiger partial charge in [-0.15, -0.1) is 0 Å². The summed E-state index contributed by atoms with van der Waals surface area (Å²) >= 11 is 0. The predicted molar refractivity (Wildman–Crippen MR) is 114 cm³/mol. The Kier molecular flexibility index (Phi) is 5.01. The van der Waals surface area contributed by atoms with E-state index in [4.69, 9.17) is 9.47 Å². The highest BCUT2D eigenvalue weighted by Gasteiger charge is 2.26. The topological polar surface area (TPSA) is 71.6 Å². The Bertz CT molecular complexity index is 1130. The van der Waals surface area contributed by atoms with E-state index in [1.54, 1.807) is 25.3 Å². The first-order chi connectivity index (χ1) is 14.0. The van der Waals surface area contributed by atoms with E-state index in [-0.39, 0.29) is 11.3 Å². The van der Waals surface area contributed by atoms with Crippen LogP contribution in [0.1, 0.15) is 25.3 Å². The molecule has 0 fully saturated rings. The number of H-pyrrole nitrogens is 1. The zero-order valence-electron chi connectivity index (χ0n) is 16.9. The first-order valence-electron chi connectivity index (χ1n) is 9.80. The molecule has 1 aromatic heterocycles. The molecule has 3 aromatic rings. The average Bonchev–Trinajstić information content (AvgIpc) is 2.75. The monoisotopic (exact) mass is 392 g/mol. The maximum absolute atomic E-state index is 13.6. The number of pyridine rings is 1. The second-order valence-electron chi connectivity index (χ2n) is 7.18. The lowest BCUT2D eigenvalue weighted by molar-refractivity contribution is -0.118. The molecule has 2 aromatic carbocycles. The van der Waals surface area contributed by atoms with Gasteiger partial charge in [-0.1, -0.05) is 19.1 Å².